The van der Waals surface area contributed by atoms with Gasteiger partial charge in [0.25, 0.3) is 11.5 Å². The number of nitrogens with one attached hydrogen (secondary N) is 1. The molecule has 0 unspecified atom stereocenters. The normalized spacial score (nSPS) is 13.4. The fraction of sp³-hybridized carbons (Fsp3) is 0.111. The quantitative estimate of drug-likeness (QED) is 0.749. The summed E-state index contributed by atoms with van der Waals surface area (Å²) in [5.74, 6) is -0.159. The van der Waals surface area contributed by atoms with Gasteiger partial charge >= 0.3 is 0 Å². The van der Waals surface area contributed by atoms with Crippen LogP contribution < -0.4 is 10.5 Å². The smallest absolute Gasteiger partial charge is 0.274 e. The van der Waals surface area contributed by atoms with Crippen LogP contribution >= 0.6 is 0 Å². The maximum Gasteiger partial charge on any atom is 0.274 e. The number of pyridine rings is 1. The second kappa shape index (κ2) is 4.84. The van der Waals surface area contributed by atoms with E-state index in [1.807, 2.05) is 42.5 Å². The molecule has 1 aromatic heterocycles. The summed E-state index contributed by atoms with van der Waals surface area (Å²) < 4.78 is 0. The molecule has 0 spiro atoms. The highest BCUT2D eigenvalue weighted by Gasteiger charge is 2.25. The Hall–Kier alpha value is -2.88. The van der Waals surface area contributed by atoms with Crippen molar-refractivity contribution in [3.05, 3.63) is 76.2 Å². The molecule has 4 rings (SSSR count). The van der Waals surface area contributed by atoms with Crippen molar-refractivity contribution in [1.29, 1.82) is 0 Å². The lowest BCUT2D eigenvalue weighted by Gasteiger charge is -2.17. The first-order chi connectivity index (χ1) is 10.7. The number of fused-ring (bicyclic) bond motifs is 2. The Labute approximate surface area is 127 Å². The van der Waals surface area contributed by atoms with Gasteiger partial charge in [-0.15, -0.1) is 0 Å². The van der Waals surface area contributed by atoms with Crippen molar-refractivity contribution in [2.24, 2.45) is 0 Å². The summed E-state index contributed by atoms with van der Waals surface area (Å²) in [6.07, 6.45) is 0.847. The standard InChI is InChI=1S/C18H14N2O2/c21-17-14-7-3-1-6-13(14)11-15(19-17)18(22)20-10-9-12-5-2-4-8-16(12)20/h1-8,11H,9-10H2,(H,19,21). The highest BCUT2D eigenvalue weighted by atomic mass is 16.2. The van der Waals surface area contributed by atoms with Crippen LogP contribution in [0.25, 0.3) is 10.8 Å². The Morgan fingerprint density at radius 1 is 1.05 bits per heavy atom. The van der Waals surface area contributed by atoms with Gasteiger partial charge in [-0.1, -0.05) is 36.4 Å². The van der Waals surface area contributed by atoms with Gasteiger partial charge in [0, 0.05) is 17.6 Å². The summed E-state index contributed by atoms with van der Waals surface area (Å²) in [6, 6.07) is 16.9. The third-order valence-electron chi connectivity index (χ3n) is 4.12. The van der Waals surface area contributed by atoms with Crippen LogP contribution in [0.2, 0.25) is 0 Å². The summed E-state index contributed by atoms with van der Waals surface area (Å²) in [4.78, 5) is 29.3. The minimum atomic E-state index is -0.228. The van der Waals surface area contributed by atoms with E-state index in [0.29, 0.717) is 17.6 Å². The molecule has 0 aliphatic carbocycles. The molecule has 22 heavy (non-hydrogen) atoms. The van der Waals surface area contributed by atoms with E-state index in [4.69, 9.17) is 0 Å². The van der Waals surface area contributed by atoms with Gasteiger partial charge < -0.3 is 9.88 Å². The number of amides is 1. The van der Waals surface area contributed by atoms with Crippen molar-refractivity contribution < 1.29 is 4.79 Å². The molecule has 2 aromatic carbocycles. The number of carbonyl (C=O) groups excluding carboxylic acids is 1. The first-order valence-corrected chi connectivity index (χ1v) is 7.26. The zero-order valence-electron chi connectivity index (χ0n) is 11.9. The lowest BCUT2D eigenvalue weighted by molar-refractivity contribution is 0.0984. The Morgan fingerprint density at radius 2 is 1.82 bits per heavy atom. The first-order valence-electron chi connectivity index (χ1n) is 7.26. The van der Waals surface area contributed by atoms with Crippen molar-refractivity contribution in [3.63, 3.8) is 0 Å². The molecule has 0 atom stereocenters. The van der Waals surface area contributed by atoms with Gasteiger partial charge in [0.2, 0.25) is 0 Å². The van der Waals surface area contributed by atoms with Crippen LogP contribution in [-0.2, 0) is 6.42 Å². The maximum absolute atomic E-state index is 12.8. The Balaban J connectivity index is 1.80. The molecule has 1 amide bonds. The number of rotatable bonds is 1. The van der Waals surface area contributed by atoms with E-state index in [-0.39, 0.29) is 11.5 Å². The van der Waals surface area contributed by atoms with Crippen LogP contribution in [0.3, 0.4) is 0 Å². The van der Waals surface area contributed by atoms with E-state index in [1.165, 1.54) is 5.56 Å². The molecule has 2 heterocycles. The van der Waals surface area contributed by atoms with Crippen LogP contribution in [0.4, 0.5) is 5.69 Å². The van der Waals surface area contributed by atoms with Gasteiger partial charge in [0.05, 0.1) is 0 Å². The third kappa shape index (κ3) is 1.92. The molecule has 4 nitrogen and oxygen atoms in total. The molecule has 0 fully saturated rings. The van der Waals surface area contributed by atoms with E-state index in [0.717, 1.165) is 17.5 Å². The summed E-state index contributed by atoms with van der Waals surface area (Å²) >= 11 is 0. The summed E-state index contributed by atoms with van der Waals surface area (Å²) in [7, 11) is 0. The predicted octanol–water partition coefficient (Wildman–Crippen LogP) is 2.73. The second-order valence-electron chi connectivity index (χ2n) is 5.43. The zero-order chi connectivity index (χ0) is 15.1. The molecule has 0 radical (unpaired) electrons. The first kappa shape index (κ1) is 12.8. The molecule has 4 heteroatoms. The minimum Gasteiger partial charge on any atom is -0.317 e. The number of hydrogen-bond acceptors (Lipinski definition) is 2. The van der Waals surface area contributed by atoms with Gasteiger partial charge in [0.1, 0.15) is 5.69 Å². The molecule has 108 valence electrons. The minimum absolute atomic E-state index is 0.159. The highest BCUT2D eigenvalue weighted by Crippen LogP contribution is 2.28. The van der Waals surface area contributed by atoms with Gasteiger partial charge in [-0.25, -0.2) is 0 Å². The zero-order valence-corrected chi connectivity index (χ0v) is 11.9. The van der Waals surface area contributed by atoms with E-state index in [9.17, 15) is 9.59 Å². The number of aromatic amines is 1. The molecule has 1 N–H and O–H groups in total. The number of hydrogen-bond donors (Lipinski definition) is 1. The second-order valence-corrected chi connectivity index (χ2v) is 5.43. The fourth-order valence-electron chi connectivity index (χ4n) is 3.02. The summed E-state index contributed by atoms with van der Waals surface area (Å²) in [6.45, 7) is 0.646. The maximum atomic E-state index is 12.8. The number of H-pyrrole nitrogens is 1. The van der Waals surface area contributed by atoms with E-state index < -0.39 is 0 Å². The van der Waals surface area contributed by atoms with E-state index in [1.54, 1.807) is 17.0 Å². The lowest BCUT2D eigenvalue weighted by Crippen LogP contribution is -2.31. The average molecular weight is 290 g/mol. The molecular weight excluding hydrogens is 276 g/mol. The van der Waals surface area contributed by atoms with Gasteiger partial charge in [0.15, 0.2) is 0 Å². The SMILES string of the molecule is O=C(c1cc2ccccc2c(=O)[nH]1)N1CCc2ccccc21. The number of benzene rings is 2. The summed E-state index contributed by atoms with van der Waals surface area (Å²) in [5, 5.41) is 1.38. The molecule has 0 bridgehead atoms. The Kier molecular flexibility index (Phi) is 2.82. The number of carbonyl (C=O) groups is 1. The predicted molar refractivity (Wildman–Crippen MR) is 86.4 cm³/mol. The van der Waals surface area contributed by atoms with Crippen molar-refractivity contribution in [2.45, 2.75) is 6.42 Å². The molecule has 1 aliphatic heterocycles. The van der Waals surface area contributed by atoms with E-state index in [2.05, 4.69) is 4.98 Å². The molecule has 0 saturated carbocycles. The third-order valence-corrected chi connectivity index (χ3v) is 4.12. The van der Waals surface area contributed by atoms with Crippen LogP contribution in [0.1, 0.15) is 16.1 Å². The average Bonchev–Trinajstić information content (AvgIpc) is 2.98. The Morgan fingerprint density at radius 3 is 2.73 bits per heavy atom. The van der Waals surface area contributed by atoms with Crippen molar-refractivity contribution >= 4 is 22.4 Å². The largest absolute Gasteiger partial charge is 0.317 e. The lowest BCUT2D eigenvalue weighted by atomic mass is 10.1. The van der Waals surface area contributed by atoms with Crippen LogP contribution in [0.5, 0.6) is 0 Å². The monoisotopic (exact) mass is 290 g/mol. The molecule has 3 aromatic rings. The van der Waals surface area contributed by atoms with Crippen LogP contribution in [0, 0.1) is 0 Å². The fourth-order valence-corrected chi connectivity index (χ4v) is 3.02. The van der Waals surface area contributed by atoms with Gasteiger partial charge in [-0.05, 0) is 35.6 Å². The number of anilines is 1. The number of nitrogens with zero attached hydrogens (tertiary/aromatic N) is 1. The molecule has 0 saturated heterocycles. The molecule has 1 aliphatic rings. The Bertz CT molecular complexity index is 943. The van der Waals surface area contributed by atoms with Crippen molar-refractivity contribution in [2.75, 3.05) is 11.4 Å². The van der Waals surface area contributed by atoms with E-state index >= 15 is 0 Å². The van der Waals surface area contributed by atoms with Gasteiger partial charge in [-0.2, -0.15) is 0 Å². The van der Waals surface area contributed by atoms with Gasteiger partial charge in [-0.3, -0.25) is 9.59 Å². The van der Waals surface area contributed by atoms with Crippen LogP contribution in [-0.4, -0.2) is 17.4 Å². The number of para-hydroxylation sites is 1. The highest BCUT2D eigenvalue weighted by molar-refractivity contribution is 6.07. The van der Waals surface area contributed by atoms with Crippen molar-refractivity contribution in [3.8, 4) is 0 Å². The van der Waals surface area contributed by atoms with Crippen molar-refractivity contribution in [1.82, 2.24) is 4.98 Å². The van der Waals surface area contributed by atoms with Crippen LogP contribution in [0.15, 0.2) is 59.4 Å². The topological polar surface area (TPSA) is 53.2 Å². The molecular formula is C18H14N2O2. The number of aromatic nitrogens is 1. The summed E-state index contributed by atoms with van der Waals surface area (Å²) in [5.41, 5.74) is 2.20.